The number of aromatic nitrogens is 1. The second-order valence-electron chi connectivity index (χ2n) is 4.83. The van der Waals surface area contributed by atoms with Crippen molar-refractivity contribution < 1.29 is 18.3 Å². The van der Waals surface area contributed by atoms with Gasteiger partial charge in [-0.1, -0.05) is 6.92 Å². The highest BCUT2D eigenvalue weighted by Gasteiger charge is 2.33. The zero-order chi connectivity index (χ0) is 14.8. The molecule has 0 amide bonds. The van der Waals surface area contributed by atoms with Crippen molar-refractivity contribution in [2.75, 3.05) is 7.05 Å². The zero-order valence-electron chi connectivity index (χ0n) is 11.4. The molecule has 0 aliphatic carbocycles. The minimum atomic E-state index is -3.72. The second-order valence-corrected chi connectivity index (χ2v) is 6.74. The topological polar surface area (TPSA) is 87.6 Å². The third-order valence-electron chi connectivity index (χ3n) is 3.33. The molecule has 0 saturated heterocycles. The van der Waals surface area contributed by atoms with Crippen molar-refractivity contribution >= 4 is 16.0 Å². The Labute approximate surface area is 113 Å². The van der Waals surface area contributed by atoms with Crippen LogP contribution in [0.1, 0.15) is 37.6 Å². The molecule has 1 heterocycles. The van der Waals surface area contributed by atoms with Gasteiger partial charge in [0.25, 0.3) is 10.0 Å². The van der Waals surface area contributed by atoms with Crippen molar-refractivity contribution in [3.8, 4) is 0 Å². The number of aromatic carboxylic acids is 1. The maximum atomic E-state index is 12.3. The molecule has 0 spiro atoms. The standard InChI is InChI=1S/C12H18N2O4S/c1-5-12(2,3)14(4)19(17,18)10-7-6-9(8-13-10)11(15)16/h6-8H,5H2,1-4H3,(H,15,16). The first kappa shape index (κ1) is 15.6. The first-order valence-corrected chi connectivity index (χ1v) is 7.25. The highest BCUT2D eigenvalue weighted by molar-refractivity contribution is 7.89. The fourth-order valence-corrected chi connectivity index (χ4v) is 2.83. The monoisotopic (exact) mass is 286 g/mol. The molecule has 0 aromatic carbocycles. The molecular weight excluding hydrogens is 268 g/mol. The van der Waals surface area contributed by atoms with E-state index in [1.807, 2.05) is 20.8 Å². The first-order valence-electron chi connectivity index (χ1n) is 5.81. The molecule has 19 heavy (non-hydrogen) atoms. The summed E-state index contributed by atoms with van der Waals surface area (Å²) >= 11 is 0. The lowest BCUT2D eigenvalue weighted by molar-refractivity contribution is 0.0696. The van der Waals surface area contributed by atoms with Gasteiger partial charge in [0.15, 0.2) is 5.03 Å². The number of carboxylic acids is 1. The summed E-state index contributed by atoms with van der Waals surface area (Å²) in [5, 5.41) is 8.60. The van der Waals surface area contributed by atoms with Gasteiger partial charge in [-0.3, -0.25) is 0 Å². The van der Waals surface area contributed by atoms with Gasteiger partial charge in [-0.05, 0) is 32.4 Å². The van der Waals surface area contributed by atoms with Crippen LogP contribution in [0.5, 0.6) is 0 Å². The molecular formula is C12H18N2O4S. The molecule has 1 aromatic heterocycles. The van der Waals surface area contributed by atoms with Crippen LogP contribution >= 0.6 is 0 Å². The van der Waals surface area contributed by atoms with Gasteiger partial charge in [0.1, 0.15) is 0 Å². The Kier molecular flexibility index (Phi) is 4.32. The number of hydrogen-bond acceptors (Lipinski definition) is 4. The molecule has 1 rings (SSSR count). The van der Waals surface area contributed by atoms with Gasteiger partial charge >= 0.3 is 5.97 Å². The van der Waals surface area contributed by atoms with Crippen LogP contribution in [-0.4, -0.2) is 41.4 Å². The van der Waals surface area contributed by atoms with E-state index in [0.29, 0.717) is 6.42 Å². The molecule has 0 fully saturated rings. The van der Waals surface area contributed by atoms with Gasteiger partial charge in [0.05, 0.1) is 5.56 Å². The van der Waals surface area contributed by atoms with Crippen LogP contribution in [0.3, 0.4) is 0 Å². The Morgan fingerprint density at radius 3 is 2.37 bits per heavy atom. The summed E-state index contributed by atoms with van der Waals surface area (Å²) in [5.74, 6) is -1.14. The molecule has 0 radical (unpaired) electrons. The second kappa shape index (κ2) is 5.26. The van der Waals surface area contributed by atoms with E-state index in [4.69, 9.17) is 5.11 Å². The normalized spacial score (nSPS) is 12.7. The van der Waals surface area contributed by atoms with Gasteiger partial charge in [0, 0.05) is 18.8 Å². The van der Waals surface area contributed by atoms with Gasteiger partial charge < -0.3 is 5.11 Å². The SMILES string of the molecule is CCC(C)(C)N(C)S(=O)(=O)c1ccc(C(=O)O)cn1. The number of nitrogens with zero attached hydrogens (tertiary/aromatic N) is 2. The Bertz CT molecular complexity index is 564. The third-order valence-corrected chi connectivity index (χ3v) is 5.31. The van der Waals surface area contributed by atoms with Gasteiger partial charge in [0.2, 0.25) is 0 Å². The van der Waals surface area contributed by atoms with E-state index >= 15 is 0 Å². The van der Waals surface area contributed by atoms with Gasteiger partial charge in [-0.2, -0.15) is 4.31 Å². The number of rotatable bonds is 5. The number of carboxylic acid groups (broad SMARTS) is 1. The van der Waals surface area contributed by atoms with E-state index < -0.39 is 21.5 Å². The minimum absolute atomic E-state index is 0.0450. The maximum absolute atomic E-state index is 12.3. The largest absolute Gasteiger partial charge is 0.478 e. The summed E-state index contributed by atoms with van der Waals surface area (Å²) in [6, 6.07) is 2.44. The molecule has 0 aliphatic heterocycles. The molecule has 1 N–H and O–H groups in total. The zero-order valence-corrected chi connectivity index (χ0v) is 12.2. The Morgan fingerprint density at radius 1 is 1.42 bits per heavy atom. The minimum Gasteiger partial charge on any atom is -0.478 e. The van der Waals surface area contributed by atoms with Crippen molar-refractivity contribution in [3.63, 3.8) is 0 Å². The Hall–Kier alpha value is -1.47. The molecule has 0 atom stereocenters. The molecule has 6 nitrogen and oxygen atoms in total. The molecule has 0 bridgehead atoms. The lowest BCUT2D eigenvalue weighted by Crippen LogP contribution is -2.44. The highest BCUT2D eigenvalue weighted by Crippen LogP contribution is 2.24. The average Bonchev–Trinajstić information content (AvgIpc) is 2.37. The van der Waals surface area contributed by atoms with E-state index in [2.05, 4.69) is 4.98 Å². The van der Waals surface area contributed by atoms with Gasteiger partial charge in [-0.25, -0.2) is 18.2 Å². The molecule has 0 aliphatic rings. The molecule has 0 saturated carbocycles. The van der Waals surface area contributed by atoms with Crippen LogP contribution in [0, 0.1) is 0 Å². The smallest absolute Gasteiger partial charge is 0.337 e. The summed E-state index contributed by atoms with van der Waals surface area (Å²) in [6.07, 6.45) is 1.69. The number of pyridine rings is 1. The molecule has 106 valence electrons. The Morgan fingerprint density at radius 2 is 2.00 bits per heavy atom. The number of hydrogen-bond donors (Lipinski definition) is 1. The summed E-state index contributed by atoms with van der Waals surface area (Å²) in [4.78, 5) is 14.4. The van der Waals surface area contributed by atoms with Crippen LogP contribution in [0.4, 0.5) is 0 Å². The van der Waals surface area contributed by atoms with Crippen molar-refractivity contribution in [2.24, 2.45) is 0 Å². The van der Waals surface area contributed by atoms with Crippen molar-refractivity contribution in [1.29, 1.82) is 0 Å². The fourth-order valence-electron chi connectivity index (χ4n) is 1.35. The highest BCUT2D eigenvalue weighted by atomic mass is 32.2. The van der Waals surface area contributed by atoms with Crippen LogP contribution in [0.25, 0.3) is 0 Å². The summed E-state index contributed by atoms with van der Waals surface area (Å²) in [6.45, 7) is 5.53. The van der Waals surface area contributed by atoms with Crippen LogP contribution < -0.4 is 0 Å². The summed E-state index contributed by atoms with van der Waals surface area (Å²) in [7, 11) is -2.23. The summed E-state index contributed by atoms with van der Waals surface area (Å²) < 4.78 is 25.9. The maximum Gasteiger partial charge on any atom is 0.337 e. The molecule has 1 aromatic rings. The number of carbonyl (C=O) groups is 1. The van der Waals surface area contributed by atoms with Crippen LogP contribution in [0.2, 0.25) is 0 Å². The predicted octanol–water partition coefficient (Wildman–Crippen LogP) is 1.59. The predicted molar refractivity (Wildman–Crippen MR) is 70.5 cm³/mol. The van der Waals surface area contributed by atoms with E-state index in [1.165, 1.54) is 23.5 Å². The summed E-state index contributed by atoms with van der Waals surface area (Å²) in [5.41, 5.74) is -0.581. The van der Waals surface area contributed by atoms with Crippen molar-refractivity contribution in [1.82, 2.24) is 9.29 Å². The third kappa shape index (κ3) is 3.10. The number of sulfonamides is 1. The molecule has 0 unspecified atom stereocenters. The average molecular weight is 286 g/mol. The lowest BCUT2D eigenvalue weighted by atomic mass is 10.0. The van der Waals surface area contributed by atoms with Crippen LogP contribution in [0.15, 0.2) is 23.4 Å². The lowest BCUT2D eigenvalue weighted by Gasteiger charge is -2.33. The first-order chi connectivity index (χ1) is 8.63. The van der Waals surface area contributed by atoms with Gasteiger partial charge in [-0.15, -0.1) is 0 Å². The van der Waals surface area contributed by atoms with Crippen molar-refractivity contribution in [2.45, 2.75) is 37.8 Å². The quantitative estimate of drug-likeness (QED) is 0.888. The Balaban J connectivity index is 3.17. The van der Waals surface area contributed by atoms with E-state index in [1.54, 1.807) is 0 Å². The van der Waals surface area contributed by atoms with Crippen LogP contribution in [-0.2, 0) is 10.0 Å². The molecule has 7 heteroatoms. The van der Waals surface area contributed by atoms with E-state index in [9.17, 15) is 13.2 Å². The van der Waals surface area contributed by atoms with E-state index in [-0.39, 0.29) is 10.6 Å². The van der Waals surface area contributed by atoms with E-state index in [0.717, 1.165) is 6.20 Å². The fraction of sp³-hybridized carbons (Fsp3) is 0.500. The van der Waals surface area contributed by atoms with Crippen molar-refractivity contribution in [3.05, 3.63) is 23.9 Å².